The molecule has 9 heteroatoms. The van der Waals surface area contributed by atoms with E-state index < -0.39 is 17.2 Å². The first-order valence-corrected chi connectivity index (χ1v) is 17.0. The second-order valence-electron chi connectivity index (χ2n) is 14.2. The highest BCUT2D eigenvalue weighted by atomic mass is 32.1. The average molecular weight is 658 g/mol. The summed E-state index contributed by atoms with van der Waals surface area (Å²) < 4.78 is 17.1. The van der Waals surface area contributed by atoms with Gasteiger partial charge in [0, 0.05) is 37.1 Å². The van der Waals surface area contributed by atoms with Crippen LogP contribution in [0.15, 0.2) is 66.7 Å². The molecule has 0 fully saturated rings. The number of hydrogen-bond acceptors (Lipinski definition) is 8. The van der Waals surface area contributed by atoms with Crippen molar-refractivity contribution in [1.29, 1.82) is 0 Å². The quantitative estimate of drug-likeness (QED) is 0.183. The second-order valence-corrected chi connectivity index (χ2v) is 15.4. The Balaban J connectivity index is 1.46. The van der Waals surface area contributed by atoms with E-state index in [4.69, 9.17) is 19.9 Å². The largest absolute Gasteiger partial charge is 0.497 e. The third kappa shape index (κ3) is 8.84. The normalized spacial score (nSPS) is 15.3. The first kappa shape index (κ1) is 34.3. The van der Waals surface area contributed by atoms with Crippen LogP contribution in [0, 0.1) is 0 Å². The maximum absolute atomic E-state index is 13.8. The highest BCUT2D eigenvalue weighted by Crippen LogP contribution is 2.39. The van der Waals surface area contributed by atoms with Crippen molar-refractivity contribution >= 4 is 39.2 Å². The molecule has 2 heterocycles. The van der Waals surface area contributed by atoms with Crippen LogP contribution in [0.1, 0.15) is 73.5 Å². The number of methoxy groups -OCH3 is 1. The molecule has 0 aliphatic carbocycles. The number of carbonyl (C=O) groups excluding carboxylic acids is 2. The molecule has 4 aromatic rings. The molecule has 1 aliphatic heterocycles. The lowest BCUT2D eigenvalue weighted by Crippen LogP contribution is -2.50. The number of ether oxygens (including phenoxy) is 3. The Hall–Kier alpha value is -4.08. The van der Waals surface area contributed by atoms with E-state index >= 15 is 0 Å². The first-order chi connectivity index (χ1) is 22.2. The fourth-order valence-electron chi connectivity index (χ4n) is 5.94. The predicted molar refractivity (Wildman–Crippen MR) is 189 cm³/mol. The number of nitrogens with zero attached hydrogens (tertiary/aromatic N) is 2. The molecule has 1 atom stereocenters. The summed E-state index contributed by atoms with van der Waals surface area (Å²) in [5.41, 5.74) is 8.83. The van der Waals surface area contributed by atoms with Gasteiger partial charge in [-0.3, -0.25) is 4.90 Å². The lowest BCUT2D eigenvalue weighted by Gasteiger charge is -2.39. The van der Waals surface area contributed by atoms with Gasteiger partial charge in [0.25, 0.3) is 0 Å². The standard InChI is InChI=1S/C38H47N3O5S/c1-37(2,3)45-35(42)33-31-21-29(41(24-32(31)47-34(33)39)22-26-13-16-30(44-7)17-14-26)23-40(36(43)46-38(4,5)6)19-18-25-12-15-27-10-8-9-11-28(27)20-25/h8-17,20,29H,18-19,21-24,39H2,1-7H3. The molecule has 0 radical (unpaired) electrons. The number of hydrogen-bond donors (Lipinski definition) is 1. The van der Waals surface area contributed by atoms with Crippen LogP contribution in [0.25, 0.3) is 10.8 Å². The summed E-state index contributed by atoms with van der Waals surface area (Å²) in [4.78, 5) is 32.4. The van der Waals surface area contributed by atoms with Crippen molar-refractivity contribution in [2.75, 3.05) is 25.9 Å². The summed E-state index contributed by atoms with van der Waals surface area (Å²) in [7, 11) is 1.66. The van der Waals surface area contributed by atoms with Crippen molar-refractivity contribution in [3.63, 3.8) is 0 Å². The van der Waals surface area contributed by atoms with Crippen LogP contribution in [-0.4, -0.2) is 59.3 Å². The van der Waals surface area contributed by atoms with Gasteiger partial charge in [-0.1, -0.05) is 54.6 Å². The minimum absolute atomic E-state index is 0.107. The van der Waals surface area contributed by atoms with Crippen LogP contribution in [-0.2, 0) is 35.4 Å². The zero-order chi connectivity index (χ0) is 33.9. The number of esters is 1. The number of anilines is 1. The van der Waals surface area contributed by atoms with Gasteiger partial charge in [-0.2, -0.15) is 0 Å². The van der Waals surface area contributed by atoms with Crippen LogP contribution in [0.3, 0.4) is 0 Å². The number of carbonyl (C=O) groups is 2. The van der Waals surface area contributed by atoms with E-state index in [-0.39, 0.29) is 12.1 Å². The monoisotopic (exact) mass is 657 g/mol. The van der Waals surface area contributed by atoms with E-state index in [1.807, 2.05) is 70.7 Å². The lowest BCUT2D eigenvalue weighted by atomic mass is 9.95. The van der Waals surface area contributed by atoms with E-state index in [9.17, 15) is 9.59 Å². The van der Waals surface area contributed by atoms with Crippen molar-refractivity contribution < 1.29 is 23.8 Å². The van der Waals surface area contributed by atoms with Gasteiger partial charge in [-0.05, 0) is 94.0 Å². The average Bonchev–Trinajstić information content (AvgIpc) is 3.32. The van der Waals surface area contributed by atoms with Gasteiger partial charge in [0.15, 0.2) is 0 Å². The molecule has 250 valence electrons. The molecule has 2 N–H and O–H groups in total. The SMILES string of the molecule is COc1ccc(CN2Cc3sc(N)c(C(=O)OC(C)(C)C)c3CC2CN(CCc2ccc3ccccc3c2)C(=O)OC(C)(C)C)cc1. The number of rotatable bonds is 9. The number of nitrogens with two attached hydrogens (primary N) is 1. The van der Waals surface area contributed by atoms with E-state index in [1.165, 1.54) is 22.1 Å². The van der Waals surface area contributed by atoms with Crippen LogP contribution in [0.5, 0.6) is 5.75 Å². The maximum atomic E-state index is 13.8. The Morgan fingerprint density at radius 3 is 2.23 bits per heavy atom. The van der Waals surface area contributed by atoms with Crippen LogP contribution < -0.4 is 10.5 Å². The molecule has 0 saturated carbocycles. The van der Waals surface area contributed by atoms with Gasteiger partial charge < -0.3 is 24.8 Å². The summed E-state index contributed by atoms with van der Waals surface area (Å²) in [5, 5.41) is 2.82. The third-order valence-corrected chi connectivity index (χ3v) is 9.18. The Morgan fingerprint density at radius 1 is 0.915 bits per heavy atom. The number of nitrogen functional groups attached to an aromatic ring is 1. The van der Waals surface area contributed by atoms with Crippen molar-refractivity contribution in [2.24, 2.45) is 0 Å². The maximum Gasteiger partial charge on any atom is 0.410 e. The fourth-order valence-corrected chi connectivity index (χ4v) is 7.05. The molecule has 1 amide bonds. The molecule has 5 rings (SSSR count). The molecule has 1 aliphatic rings. The number of thiophene rings is 1. The zero-order valence-corrected chi connectivity index (χ0v) is 29.4. The summed E-state index contributed by atoms with van der Waals surface area (Å²) in [5.74, 6) is 0.388. The van der Waals surface area contributed by atoms with Crippen molar-refractivity contribution in [3.05, 3.63) is 93.9 Å². The molecule has 0 spiro atoms. The van der Waals surface area contributed by atoms with Crippen molar-refractivity contribution in [2.45, 2.75) is 84.7 Å². The highest BCUT2D eigenvalue weighted by molar-refractivity contribution is 7.16. The van der Waals surface area contributed by atoms with Crippen molar-refractivity contribution in [1.82, 2.24) is 9.80 Å². The predicted octanol–water partition coefficient (Wildman–Crippen LogP) is 7.85. The minimum Gasteiger partial charge on any atom is -0.497 e. The van der Waals surface area contributed by atoms with Gasteiger partial charge in [0.2, 0.25) is 0 Å². The van der Waals surface area contributed by atoms with E-state index in [1.54, 1.807) is 7.11 Å². The molecule has 0 saturated heterocycles. The molecular formula is C38H47N3O5S. The molecule has 1 unspecified atom stereocenters. The summed E-state index contributed by atoms with van der Waals surface area (Å²) in [6, 6.07) is 22.7. The molecule has 8 nitrogen and oxygen atoms in total. The van der Waals surface area contributed by atoms with Crippen molar-refractivity contribution in [3.8, 4) is 5.75 Å². The fraction of sp³-hybridized carbons (Fsp3) is 0.421. The van der Waals surface area contributed by atoms with Crippen LogP contribution in [0.4, 0.5) is 9.80 Å². The third-order valence-electron chi connectivity index (χ3n) is 8.14. The zero-order valence-electron chi connectivity index (χ0n) is 28.6. The summed E-state index contributed by atoms with van der Waals surface area (Å²) in [6.45, 7) is 13.4. The smallest absolute Gasteiger partial charge is 0.410 e. The molecular weight excluding hydrogens is 611 g/mol. The molecule has 47 heavy (non-hydrogen) atoms. The topological polar surface area (TPSA) is 94.3 Å². The number of benzene rings is 3. The molecule has 0 bridgehead atoms. The molecule has 3 aromatic carbocycles. The van der Waals surface area contributed by atoms with Gasteiger partial charge in [0.05, 0.1) is 12.7 Å². The van der Waals surface area contributed by atoms with E-state index in [2.05, 4.69) is 47.4 Å². The highest BCUT2D eigenvalue weighted by Gasteiger charge is 2.36. The van der Waals surface area contributed by atoms with Crippen LogP contribution >= 0.6 is 11.3 Å². The molecule has 1 aromatic heterocycles. The first-order valence-electron chi connectivity index (χ1n) is 16.1. The number of fused-ring (bicyclic) bond motifs is 2. The van der Waals surface area contributed by atoms with Crippen LogP contribution in [0.2, 0.25) is 0 Å². The minimum atomic E-state index is -0.650. The van der Waals surface area contributed by atoms with Gasteiger partial charge in [0.1, 0.15) is 22.0 Å². The van der Waals surface area contributed by atoms with Gasteiger partial charge in [-0.25, -0.2) is 9.59 Å². The lowest BCUT2D eigenvalue weighted by molar-refractivity contribution is 0.00632. The Kier molecular flexibility index (Phi) is 10.2. The Bertz CT molecular complexity index is 1720. The summed E-state index contributed by atoms with van der Waals surface area (Å²) >= 11 is 1.45. The van der Waals surface area contributed by atoms with E-state index in [0.717, 1.165) is 27.3 Å². The summed E-state index contributed by atoms with van der Waals surface area (Å²) in [6.07, 6.45) is 0.865. The number of amides is 1. The Morgan fingerprint density at radius 2 is 1.57 bits per heavy atom. The van der Waals surface area contributed by atoms with Gasteiger partial charge >= 0.3 is 12.1 Å². The van der Waals surface area contributed by atoms with E-state index in [0.29, 0.717) is 49.6 Å². The Labute approximate surface area is 282 Å². The second kappa shape index (κ2) is 14.0. The van der Waals surface area contributed by atoms with Gasteiger partial charge in [-0.15, -0.1) is 11.3 Å².